The number of rotatable bonds is 5. The van der Waals surface area contributed by atoms with Crippen molar-refractivity contribution >= 4 is 33.6 Å². The summed E-state index contributed by atoms with van der Waals surface area (Å²) in [7, 11) is 0. The molecule has 22 heavy (non-hydrogen) atoms. The van der Waals surface area contributed by atoms with Gasteiger partial charge in [-0.3, -0.25) is 5.43 Å². The molecule has 0 saturated heterocycles. The van der Waals surface area contributed by atoms with E-state index in [0.717, 1.165) is 32.9 Å². The van der Waals surface area contributed by atoms with E-state index in [4.69, 9.17) is 4.74 Å². The molecule has 0 bridgehead atoms. The fourth-order valence-electron chi connectivity index (χ4n) is 2.03. The molecule has 3 aromatic rings. The molecule has 5 nitrogen and oxygen atoms in total. The molecule has 2 aromatic heterocycles. The van der Waals surface area contributed by atoms with Crippen molar-refractivity contribution in [1.29, 1.82) is 0 Å². The molecule has 3 rings (SSSR count). The van der Waals surface area contributed by atoms with E-state index in [1.54, 1.807) is 23.9 Å². The average molecular weight is 312 g/mol. The Morgan fingerprint density at radius 2 is 2.09 bits per heavy atom. The molecule has 0 fully saturated rings. The molecule has 0 radical (unpaired) electrons. The maximum absolute atomic E-state index is 5.41. The van der Waals surface area contributed by atoms with Gasteiger partial charge in [-0.2, -0.15) is 5.10 Å². The van der Waals surface area contributed by atoms with Gasteiger partial charge in [0.25, 0.3) is 0 Å². The molecular formula is C16H16N4OS. The number of nitrogens with zero attached hydrogens (tertiary/aromatic N) is 3. The standard InChI is InChI=1S/C16H16N4OS/c1-3-21-13-6-4-12(5-7-13)8-19-20-16-15-14(17-10-18-16)11(2)9-22-15/h4-10H,3H2,1-2H3,(H,17,18,20). The van der Waals surface area contributed by atoms with Gasteiger partial charge in [0.2, 0.25) is 0 Å². The summed E-state index contributed by atoms with van der Waals surface area (Å²) in [5.74, 6) is 1.59. The number of nitrogens with one attached hydrogen (secondary N) is 1. The Hall–Kier alpha value is -2.47. The lowest BCUT2D eigenvalue weighted by Crippen LogP contribution is -1.95. The molecule has 0 spiro atoms. The van der Waals surface area contributed by atoms with Gasteiger partial charge < -0.3 is 4.74 Å². The highest BCUT2D eigenvalue weighted by molar-refractivity contribution is 7.18. The Labute approximate surface area is 132 Å². The van der Waals surface area contributed by atoms with E-state index in [2.05, 4.69) is 25.9 Å². The van der Waals surface area contributed by atoms with Gasteiger partial charge in [-0.25, -0.2) is 9.97 Å². The predicted octanol–water partition coefficient (Wildman–Crippen LogP) is 3.84. The monoisotopic (exact) mass is 312 g/mol. The van der Waals surface area contributed by atoms with E-state index in [1.807, 2.05) is 38.1 Å². The maximum Gasteiger partial charge on any atom is 0.167 e. The maximum atomic E-state index is 5.41. The largest absolute Gasteiger partial charge is 0.494 e. The first kappa shape index (κ1) is 14.5. The van der Waals surface area contributed by atoms with E-state index in [0.29, 0.717) is 6.61 Å². The van der Waals surface area contributed by atoms with Crippen molar-refractivity contribution in [2.45, 2.75) is 13.8 Å². The molecule has 2 heterocycles. The molecule has 0 saturated carbocycles. The minimum Gasteiger partial charge on any atom is -0.494 e. The van der Waals surface area contributed by atoms with Gasteiger partial charge in [0.1, 0.15) is 12.1 Å². The highest BCUT2D eigenvalue weighted by Crippen LogP contribution is 2.28. The lowest BCUT2D eigenvalue weighted by Gasteiger charge is -2.02. The Morgan fingerprint density at radius 3 is 2.86 bits per heavy atom. The molecule has 112 valence electrons. The fraction of sp³-hybridized carbons (Fsp3) is 0.188. The number of hydrazone groups is 1. The second kappa shape index (κ2) is 6.53. The van der Waals surface area contributed by atoms with E-state index in [-0.39, 0.29) is 0 Å². The van der Waals surface area contributed by atoms with E-state index >= 15 is 0 Å². The summed E-state index contributed by atoms with van der Waals surface area (Å²) in [4.78, 5) is 8.53. The molecule has 1 aromatic carbocycles. The van der Waals surface area contributed by atoms with Crippen LogP contribution in [0.15, 0.2) is 41.1 Å². The van der Waals surface area contributed by atoms with Gasteiger partial charge in [0, 0.05) is 0 Å². The van der Waals surface area contributed by atoms with Crippen LogP contribution in [-0.4, -0.2) is 22.8 Å². The molecular weight excluding hydrogens is 296 g/mol. The molecule has 0 unspecified atom stereocenters. The van der Waals surface area contributed by atoms with Crippen molar-refractivity contribution in [3.8, 4) is 5.75 Å². The van der Waals surface area contributed by atoms with Crippen LogP contribution in [0, 0.1) is 6.92 Å². The lowest BCUT2D eigenvalue weighted by atomic mass is 10.2. The van der Waals surface area contributed by atoms with Gasteiger partial charge in [0.15, 0.2) is 5.82 Å². The third kappa shape index (κ3) is 3.07. The molecule has 0 aliphatic heterocycles. The van der Waals surface area contributed by atoms with Crippen molar-refractivity contribution in [2.75, 3.05) is 12.0 Å². The van der Waals surface area contributed by atoms with Crippen LogP contribution in [0.25, 0.3) is 10.2 Å². The van der Waals surface area contributed by atoms with Gasteiger partial charge in [-0.1, -0.05) is 0 Å². The number of aromatic nitrogens is 2. The Balaban J connectivity index is 1.73. The van der Waals surface area contributed by atoms with Gasteiger partial charge >= 0.3 is 0 Å². The first-order valence-corrected chi connectivity index (χ1v) is 7.86. The normalized spacial score (nSPS) is 11.2. The number of thiophene rings is 1. The minimum atomic E-state index is 0.666. The number of hydrogen-bond acceptors (Lipinski definition) is 6. The van der Waals surface area contributed by atoms with E-state index in [9.17, 15) is 0 Å². The fourth-order valence-corrected chi connectivity index (χ4v) is 2.98. The Bertz CT molecular complexity index is 796. The second-order valence-corrected chi connectivity index (χ2v) is 5.57. The second-order valence-electron chi connectivity index (χ2n) is 4.69. The smallest absolute Gasteiger partial charge is 0.167 e. The SMILES string of the molecule is CCOc1ccc(C=NNc2ncnc3c(C)csc23)cc1. The number of hydrogen-bond donors (Lipinski definition) is 1. The minimum absolute atomic E-state index is 0.666. The summed E-state index contributed by atoms with van der Waals surface area (Å²) in [5, 5.41) is 6.32. The highest BCUT2D eigenvalue weighted by Gasteiger charge is 2.06. The zero-order chi connectivity index (χ0) is 15.4. The van der Waals surface area contributed by atoms with Crippen LogP contribution in [0.2, 0.25) is 0 Å². The lowest BCUT2D eigenvalue weighted by molar-refractivity contribution is 0.340. The Morgan fingerprint density at radius 1 is 1.27 bits per heavy atom. The highest BCUT2D eigenvalue weighted by atomic mass is 32.1. The summed E-state index contributed by atoms with van der Waals surface area (Å²) >= 11 is 1.62. The van der Waals surface area contributed by atoms with Crippen LogP contribution >= 0.6 is 11.3 Å². The van der Waals surface area contributed by atoms with Gasteiger partial charge in [0.05, 0.1) is 23.0 Å². The summed E-state index contributed by atoms with van der Waals surface area (Å²) in [6.45, 7) is 4.67. The summed E-state index contributed by atoms with van der Waals surface area (Å²) < 4.78 is 6.43. The molecule has 0 aliphatic rings. The molecule has 6 heteroatoms. The van der Waals surface area contributed by atoms with Crippen LogP contribution in [0.5, 0.6) is 5.75 Å². The van der Waals surface area contributed by atoms with E-state index in [1.165, 1.54) is 0 Å². The molecule has 0 amide bonds. The predicted molar refractivity (Wildman–Crippen MR) is 91.0 cm³/mol. The number of benzene rings is 1. The average Bonchev–Trinajstić information content (AvgIpc) is 2.92. The number of ether oxygens (including phenoxy) is 1. The summed E-state index contributed by atoms with van der Waals surface area (Å²) in [5.41, 5.74) is 6.10. The van der Waals surface area contributed by atoms with Crippen LogP contribution in [-0.2, 0) is 0 Å². The topological polar surface area (TPSA) is 59.4 Å². The third-order valence-corrected chi connectivity index (χ3v) is 4.20. The van der Waals surface area contributed by atoms with Crippen LogP contribution in [0.1, 0.15) is 18.1 Å². The van der Waals surface area contributed by atoms with Crippen molar-refractivity contribution in [2.24, 2.45) is 5.10 Å². The van der Waals surface area contributed by atoms with Gasteiger partial charge in [-0.05, 0) is 54.6 Å². The molecule has 0 aliphatic carbocycles. The first-order valence-electron chi connectivity index (χ1n) is 6.98. The van der Waals surface area contributed by atoms with E-state index < -0.39 is 0 Å². The van der Waals surface area contributed by atoms with Crippen molar-refractivity contribution in [3.63, 3.8) is 0 Å². The quantitative estimate of drug-likeness (QED) is 0.574. The van der Waals surface area contributed by atoms with Crippen LogP contribution in [0.4, 0.5) is 5.82 Å². The first-order chi connectivity index (χ1) is 10.8. The van der Waals surface area contributed by atoms with Crippen molar-refractivity contribution < 1.29 is 4.74 Å². The third-order valence-electron chi connectivity index (χ3n) is 3.11. The van der Waals surface area contributed by atoms with Gasteiger partial charge in [-0.15, -0.1) is 11.3 Å². The number of fused-ring (bicyclic) bond motifs is 1. The van der Waals surface area contributed by atoms with Crippen molar-refractivity contribution in [1.82, 2.24) is 9.97 Å². The number of anilines is 1. The summed E-state index contributed by atoms with van der Waals surface area (Å²) in [6, 6.07) is 7.77. The zero-order valence-electron chi connectivity index (χ0n) is 12.4. The zero-order valence-corrected chi connectivity index (χ0v) is 13.2. The van der Waals surface area contributed by atoms with Crippen LogP contribution < -0.4 is 10.2 Å². The van der Waals surface area contributed by atoms with Crippen LogP contribution in [0.3, 0.4) is 0 Å². The summed E-state index contributed by atoms with van der Waals surface area (Å²) in [6.07, 6.45) is 3.31. The Kier molecular flexibility index (Phi) is 4.29. The molecule has 0 atom stereocenters. The number of aryl methyl sites for hydroxylation is 1. The van der Waals surface area contributed by atoms with Crippen molar-refractivity contribution in [3.05, 3.63) is 47.1 Å². The molecule has 1 N–H and O–H groups in total.